The van der Waals surface area contributed by atoms with E-state index in [1.165, 1.54) is 18.2 Å². The van der Waals surface area contributed by atoms with Gasteiger partial charge in [-0.3, -0.25) is 9.59 Å². The minimum absolute atomic E-state index is 0.0431. The molecular formula is C14H12FN3O3. The number of halogens is 1. The lowest BCUT2D eigenvalue weighted by atomic mass is 10.2. The normalized spacial score (nSPS) is 9.95. The Morgan fingerprint density at radius 2 is 2.00 bits per heavy atom. The molecule has 21 heavy (non-hydrogen) atoms. The van der Waals surface area contributed by atoms with Crippen molar-refractivity contribution in [3.63, 3.8) is 0 Å². The van der Waals surface area contributed by atoms with E-state index in [1.54, 1.807) is 18.2 Å². The Labute approximate surface area is 119 Å². The van der Waals surface area contributed by atoms with Crippen molar-refractivity contribution in [1.29, 1.82) is 0 Å². The van der Waals surface area contributed by atoms with Crippen molar-refractivity contribution < 1.29 is 18.7 Å². The van der Waals surface area contributed by atoms with Crippen LogP contribution in [0.1, 0.15) is 10.5 Å². The first-order chi connectivity index (χ1) is 10.0. The summed E-state index contributed by atoms with van der Waals surface area (Å²) < 4.78 is 18.1. The fourth-order valence-corrected chi connectivity index (χ4v) is 1.55. The second-order valence-electron chi connectivity index (χ2n) is 4.08. The predicted molar refractivity (Wildman–Crippen MR) is 73.3 cm³/mol. The van der Waals surface area contributed by atoms with Gasteiger partial charge >= 0.3 is 0 Å². The molecule has 2 aromatic rings. The predicted octanol–water partition coefficient (Wildman–Crippen LogP) is 1.34. The maximum atomic E-state index is 13.0. The smallest absolute Gasteiger partial charge is 0.274 e. The number of hydrogen-bond acceptors (Lipinski definition) is 4. The fraction of sp³-hybridized carbons (Fsp3) is 0.0714. The molecule has 0 aliphatic carbocycles. The van der Waals surface area contributed by atoms with Gasteiger partial charge in [0.15, 0.2) is 6.61 Å². The number of aromatic nitrogens is 1. The summed E-state index contributed by atoms with van der Waals surface area (Å²) in [5, 5.41) is 2.55. The molecule has 0 saturated carbocycles. The van der Waals surface area contributed by atoms with Gasteiger partial charge in [0, 0.05) is 11.8 Å². The highest BCUT2D eigenvalue weighted by molar-refractivity contribution is 6.02. The van der Waals surface area contributed by atoms with E-state index in [1.807, 2.05) is 0 Å². The third-order valence-electron chi connectivity index (χ3n) is 2.42. The van der Waals surface area contributed by atoms with Gasteiger partial charge in [-0.25, -0.2) is 4.98 Å². The number of carbonyl (C=O) groups excluding carboxylic acids is 2. The van der Waals surface area contributed by atoms with Crippen molar-refractivity contribution in [3.8, 4) is 5.75 Å². The van der Waals surface area contributed by atoms with Gasteiger partial charge in [0.2, 0.25) is 5.95 Å². The number of amides is 2. The number of nitrogens with one attached hydrogen (secondary N) is 1. The van der Waals surface area contributed by atoms with E-state index in [0.29, 0.717) is 11.4 Å². The summed E-state index contributed by atoms with van der Waals surface area (Å²) in [6.45, 7) is -0.261. The zero-order valence-electron chi connectivity index (χ0n) is 10.9. The number of anilines is 1. The lowest BCUT2D eigenvalue weighted by Crippen LogP contribution is -2.20. The Hall–Kier alpha value is -2.96. The van der Waals surface area contributed by atoms with Gasteiger partial charge in [0.25, 0.3) is 11.8 Å². The van der Waals surface area contributed by atoms with E-state index < -0.39 is 17.8 Å². The van der Waals surface area contributed by atoms with Crippen LogP contribution in [0.25, 0.3) is 0 Å². The van der Waals surface area contributed by atoms with Crippen LogP contribution in [0.15, 0.2) is 42.5 Å². The summed E-state index contributed by atoms with van der Waals surface area (Å²) in [6, 6.07) is 10.3. The van der Waals surface area contributed by atoms with Crippen molar-refractivity contribution in [3.05, 3.63) is 54.1 Å². The second kappa shape index (κ2) is 6.47. The van der Waals surface area contributed by atoms with Gasteiger partial charge in [-0.2, -0.15) is 4.39 Å². The minimum Gasteiger partial charge on any atom is -0.484 e. The summed E-state index contributed by atoms with van der Waals surface area (Å²) in [5.74, 6) is -1.52. The van der Waals surface area contributed by atoms with Crippen LogP contribution in [-0.4, -0.2) is 23.4 Å². The minimum atomic E-state index is -0.735. The largest absolute Gasteiger partial charge is 0.484 e. The highest BCUT2D eigenvalue weighted by Gasteiger charge is 2.09. The SMILES string of the molecule is NC(=O)COc1cccc(NC(=O)c2cccc(F)n2)c1. The molecule has 3 N–H and O–H groups in total. The molecule has 0 saturated heterocycles. The Kier molecular flexibility index (Phi) is 4.45. The summed E-state index contributed by atoms with van der Waals surface area (Å²) >= 11 is 0. The number of nitrogens with zero attached hydrogens (tertiary/aromatic N) is 1. The van der Waals surface area contributed by atoms with Crippen molar-refractivity contribution in [1.82, 2.24) is 4.98 Å². The quantitative estimate of drug-likeness (QED) is 0.812. The number of pyridine rings is 1. The number of benzene rings is 1. The highest BCUT2D eigenvalue weighted by atomic mass is 19.1. The van der Waals surface area contributed by atoms with Gasteiger partial charge in [-0.1, -0.05) is 12.1 Å². The van der Waals surface area contributed by atoms with Crippen LogP contribution in [-0.2, 0) is 4.79 Å². The Morgan fingerprint density at radius 3 is 2.71 bits per heavy atom. The van der Waals surface area contributed by atoms with Gasteiger partial charge in [-0.15, -0.1) is 0 Å². The molecule has 0 unspecified atom stereocenters. The molecule has 0 aliphatic heterocycles. The molecule has 7 heteroatoms. The van der Waals surface area contributed by atoms with Crippen LogP contribution < -0.4 is 15.8 Å². The lowest BCUT2D eigenvalue weighted by molar-refractivity contribution is -0.119. The fourth-order valence-electron chi connectivity index (χ4n) is 1.55. The molecule has 0 radical (unpaired) electrons. The molecule has 0 atom stereocenters. The average molecular weight is 289 g/mol. The molecule has 108 valence electrons. The summed E-state index contributed by atoms with van der Waals surface area (Å²) in [4.78, 5) is 26.0. The zero-order valence-corrected chi connectivity index (χ0v) is 10.9. The Morgan fingerprint density at radius 1 is 1.24 bits per heavy atom. The summed E-state index contributed by atoms with van der Waals surface area (Å²) in [6.07, 6.45) is 0. The molecular weight excluding hydrogens is 277 g/mol. The zero-order chi connectivity index (χ0) is 15.2. The number of primary amides is 1. The Balaban J connectivity index is 2.07. The molecule has 2 amide bonds. The summed E-state index contributed by atoms with van der Waals surface area (Å²) in [5.41, 5.74) is 5.35. The number of carbonyl (C=O) groups is 2. The van der Waals surface area contributed by atoms with Crippen molar-refractivity contribution in [2.75, 3.05) is 11.9 Å². The van der Waals surface area contributed by atoms with Gasteiger partial charge in [-0.05, 0) is 24.3 Å². The lowest BCUT2D eigenvalue weighted by Gasteiger charge is -2.08. The van der Waals surface area contributed by atoms with Crippen LogP contribution in [0.2, 0.25) is 0 Å². The van der Waals surface area contributed by atoms with Crippen LogP contribution >= 0.6 is 0 Å². The third kappa shape index (κ3) is 4.27. The van der Waals surface area contributed by atoms with E-state index >= 15 is 0 Å². The molecule has 0 bridgehead atoms. The molecule has 2 rings (SSSR count). The topological polar surface area (TPSA) is 94.3 Å². The van der Waals surface area contributed by atoms with Crippen LogP contribution in [0.3, 0.4) is 0 Å². The van der Waals surface area contributed by atoms with E-state index in [9.17, 15) is 14.0 Å². The van der Waals surface area contributed by atoms with Gasteiger partial charge in [0.1, 0.15) is 11.4 Å². The molecule has 6 nitrogen and oxygen atoms in total. The van der Waals surface area contributed by atoms with E-state index in [4.69, 9.17) is 10.5 Å². The van der Waals surface area contributed by atoms with Gasteiger partial charge in [0.05, 0.1) is 0 Å². The number of rotatable bonds is 5. The second-order valence-corrected chi connectivity index (χ2v) is 4.08. The third-order valence-corrected chi connectivity index (χ3v) is 2.42. The van der Waals surface area contributed by atoms with Crippen LogP contribution in [0, 0.1) is 5.95 Å². The van der Waals surface area contributed by atoms with E-state index in [0.717, 1.165) is 6.07 Å². The van der Waals surface area contributed by atoms with Crippen LogP contribution in [0.4, 0.5) is 10.1 Å². The highest BCUT2D eigenvalue weighted by Crippen LogP contribution is 2.17. The molecule has 0 fully saturated rings. The average Bonchev–Trinajstić information content (AvgIpc) is 2.45. The van der Waals surface area contributed by atoms with Crippen molar-refractivity contribution in [2.24, 2.45) is 5.73 Å². The molecule has 1 aromatic carbocycles. The number of hydrogen-bond donors (Lipinski definition) is 2. The maximum absolute atomic E-state index is 13.0. The van der Waals surface area contributed by atoms with Crippen molar-refractivity contribution in [2.45, 2.75) is 0 Å². The monoisotopic (exact) mass is 289 g/mol. The maximum Gasteiger partial charge on any atom is 0.274 e. The molecule has 0 spiro atoms. The first-order valence-electron chi connectivity index (χ1n) is 5.99. The standard InChI is InChI=1S/C14H12FN3O3/c15-12-6-2-5-11(18-12)14(20)17-9-3-1-4-10(7-9)21-8-13(16)19/h1-7H,8H2,(H2,16,19)(H,17,20). The first kappa shape index (κ1) is 14.4. The number of nitrogens with two attached hydrogens (primary N) is 1. The first-order valence-corrected chi connectivity index (χ1v) is 5.99. The number of ether oxygens (including phenoxy) is 1. The van der Waals surface area contributed by atoms with E-state index in [-0.39, 0.29) is 12.3 Å². The molecule has 1 aromatic heterocycles. The van der Waals surface area contributed by atoms with Crippen LogP contribution in [0.5, 0.6) is 5.75 Å². The Bertz CT molecular complexity index is 676. The van der Waals surface area contributed by atoms with E-state index in [2.05, 4.69) is 10.3 Å². The molecule has 1 heterocycles. The van der Waals surface area contributed by atoms with Gasteiger partial charge < -0.3 is 15.8 Å². The summed E-state index contributed by atoms with van der Waals surface area (Å²) in [7, 11) is 0. The molecule has 0 aliphatic rings. The van der Waals surface area contributed by atoms with Crippen molar-refractivity contribution >= 4 is 17.5 Å².